The molecule has 0 aromatic carbocycles. The number of rotatable bonds is 4. The van der Waals surface area contributed by atoms with Gasteiger partial charge in [-0.3, -0.25) is 9.59 Å². The Morgan fingerprint density at radius 1 is 1.33 bits per heavy atom. The van der Waals surface area contributed by atoms with Crippen LogP contribution in [0.1, 0.15) is 11.3 Å². The topological polar surface area (TPSA) is 93.2 Å². The Kier molecular flexibility index (Phi) is 4.81. The van der Waals surface area contributed by atoms with Gasteiger partial charge in [-0.2, -0.15) is 4.37 Å². The van der Waals surface area contributed by atoms with Crippen molar-refractivity contribution in [3.05, 3.63) is 17.3 Å². The molecule has 2 aromatic heterocycles. The summed E-state index contributed by atoms with van der Waals surface area (Å²) in [5.41, 5.74) is 1.85. The lowest BCUT2D eigenvalue weighted by Gasteiger charge is -2.05. The number of amides is 2. The minimum Gasteiger partial charge on any atom is -0.383 e. The van der Waals surface area contributed by atoms with Crippen LogP contribution in [-0.4, -0.2) is 41.4 Å². The van der Waals surface area contributed by atoms with Gasteiger partial charge in [-0.15, -0.1) is 0 Å². The monoisotopic (exact) mass is 308 g/mol. The minimum atomic E-state index is -0.752. The number of aryl methyl sites for hydroxylation is 2. The Bertz CT molecular complexity index is 683. The largest absolute Gasteiger partial charge is 0.383 e. The van der Waals surface area contributed by atoms with Gasteiger partial charge >= 0.3 is 11.8 Å². The Balaban J connectivity index is 2.13. The van der Waals surface area contributed by atoms with E-state index < -0.39 is 11.8 Å². The van der Waals surface area contributed by atoms with Crippen molar-refractivity contribution in [3.63, 3.8) is 0 Å². The number of carbonyl (C=O) groups is 2. The molecule has 112 valence electrons. The van der Waals surface area contributed by atoms with E-state index in [0.29, 0.717) is 12.4 Å². The van der Waals surface area contributed by atoms with Crippen molar-refractivity contribution in [1.29, 1.82) is 0 Å². The second-order valence-corrected chi connectivity index (χ2v) is 5.25. The summed E-state index contributed by atoms with van der Waals surface area (Å²) >= 11 is 1.19. The smallest absolute Gasteiger partial charge is 0.314 e. The number of anilines is 1. The Hall–Kier alpha value is -2.06. The molecule has 21 heavy (non-hydrogen) atoms. The number of ether oxygens (including phenoxy) is 1. The molecule has 2 N–H and O–H groups in total. The fourth-order valence-electron chi connectivity index (χ4n) is 1.89. The minimum absolute atomic E-state index is 0.278. The molecule has 0 saturated carbocycles. The van der Waals surface area contributed by atoms with Crippen molar-refractivity contribution >= 4 is 39.4 Å². The second-order valence-electron chi connectivity index (χ2n) is 4.49. The lowest BCUT2D eigenvalue weighted by Crippen LogP contribution is -2.37. The van der Waals surface area contributed by atoms with Gasteiger partial charge in [0.05, 0.1) is 12.0 Å². The van der Waals surface area contributed by atoms with Crippen LogP contribution in [0.25, 0.3) is 10.2 Å². The zero-order valence-electron chi connectivity index (χ0n) is 12.0. The molecule has 0 atom stereocenters. The van der Waals surface area contributed by atoms with E-state index in [1.807, 2.05) is 19.9 Å². The standard InChI is InChI=1S/C13H16N4O3S/c1-7-6-8(2)15-13-9(7)10(17-21-13)16-12(19)11(18)14-4-5-20-3/h6H,4-5H2,1-3H3,(H,14,18)(H,16,17,19). The van der Waals surface area contributed by atoms with Crippen LogP contribution in [0, 0.1) is 13.8 Å². The van der Waals surface area contributed by atoms with E-state index in [4.69, 9.17) is 4.74 Å². The average Bonchev–Trinajstić information content (AvgIpc) is 2.81. The first kappa shape index (κ1) is 15.3. The van der Waals surface area contributed by atoms with E-state index >= 15 is 0 Å². The molecule has 2 rings (SSSR count). The quantitative estimate of drug-likeness (QED) is 0.649. The molecule has 0 radical (unpaired) electrons. The predicted molar refractivity (Wildman–Crippen MR) is 80.4 cm³/mol. The maximum Gasteiger partial charge on any atom is 0.314 e. The summed E-state index contributed by atoms with van der Waals surface area (Å²) in [6.45, 7) is 4.44. The van der Waals surface area contributed by atoms with Crippen LogP contribution in [0.2, 0.25) is 0 Å². The molecule has 2 amide bonds. The molecular weight excluding hydrogens is 292 g/mol. The van der Waals surface area contributed by atoms with E-state index in [-0.39, 0.29) is 6.54 Å². The number of nitrogens with zero attached hydrogens (tertiary/aromatic N) is 2. The van der Waals surface area contributed by atoms with E-state index in [9.17, 15) is 9.59 Å². The third-order valence-corrected chi connectivity index (χ3v) is 3.54. The third kappa shape index (κ3) is 3.53. The van der Waals surface area contributed by atoms with Crippen molar-refractivity contribution in [2.75, 3.05) is 25.6 Å². The number of pyridine rings is 1. The number of nitrogens with one attached hydrogen (secondary N) is 2. The van der Waals surface area contributed by atoms with Gasteiger partial charge in [0, 0.05) is 19.3 Å². The third-order valence-electron chi connectivity index (χ3n) is 2.80. The predicted octanol–water partition coefficient (Wildman–Crippen LogP) is 1.01. The first-order chi connectivity index (χ1) is 10.0. The van der Waals surface area contributed by atoms with Crippen molar-refractivity contribution in [3.8, 4) is 0 Å². The SMILES string of the molecule is COCCNC(=O)C(=O)Nc1nsc2nc(C)cc(C)c12. The Morgan fingerprint density at radius 2 is 2.10 bits per heavy atom. The normalized spacial score (nSPS) is 10.6. The summed E-state index contributed by atoms with van der Waals surface area (Å²) in [6.07, 6.45) is 0. The van der Waals surface area contributed by atoms with Crippen LogP contribution in [-0.2, 0) is 14.3 Å². The highest BCUT2D eigenvalue weighted by Gasteiger charge is 2.18. The maximum atomic E-state index is 11.8. The van der Waals surface area contributed by atoms with Crippen molar-refractivity contribution in [2.24, 2.45) is 0 Å². The maximum absolute atomic E-state index is 11.8. The van der Waals surface area contributed by atoms with Crippen molar-refractivity contribution in [1.82, 2.24) is 14.7 Å². The van der Waals surface area contributed by atoms with Crippen LogP contribution in [0.15, 0.2) is 6.07 Å². The van der Waals surface area contributed by atoms with Crippen molar-refractivity contribution in [2.45, 2.75) is 13.8 Å². The summed E-state index contributed by atoms with van der Waals surface area (Å²) in [6, 6.07) is 1.91. The Morgan fingerprint density at radius 3 is 2.81 bits per heavy atom. The van der Waals surface area contributed by atoms with Crippen LogP contribution in [0.5, 0.6) is 0 Å². The summed E-state index contributed by atoms with van der Waals surface area (Å²) in [5.74, 6) is -1.10. The number of hydrogen-bond acceptors (Lipinski definition) is 6. The molecule has 0 unspecified atom stereocenters. The number of methoxy groups -OCH3 is 1. The molecule has 0 spiro atoms. The number of hydrogen-bond donors (Lipinski definition) is 2. The highest BCUT2D eigenvalue weighted by molar-refractivity contribution is 7.13. The first-order valence-electron chi connectivity index (χ1n) is 6.34. The Labute approximate surface area is 125 Å². The van der Waals surface area contributed by atoms with Gasteiger partial charge < -0.3 is 15.4 Å². The van der Waals surface area contributed by atoms with E-state index in [1.165, 1.54) is 18.6 Å². The van der Waals surface area contributed by atoms with Gasteiger partial charge in [0.2, 0.25) is 0 Å². The van der Waals surface area contributed by atoms with Gasteiger partial charge in [-0.25, -0.2) is 4.98 Å². The summed E-state index contributed by atoms with van der Waals surface area (Å²) in [7, 11) is 1.52. The number of fused-ring (bicyclic) bond motifs is 1. The first-order valence-corrected chi connectivity index (χ1v) is 7.12. The molecule has 7 nitrogen and oxygen atoms in total. The fourth-order valence-corrected chi connectivity index (χ4v) is 2.74. The van der Waals surface area contributed by atoms with E-state index in [2.05, 4.69) is 20.0 Å². The molecule has 0 bridgehead atoms. The van der Waals surface area contributed by atoms with Crippen LogP contribution in [0.3, 0.4) is 0 Å². The zero-order chi connectivity index (χ0) is 15.4. The summed E-state index contributed by atoms with van der Waals surface area (Å²) in [4.78, 5) is 28.5. The molecule has 0 fully saturated rings. The molecule has 0 aliphatic heterocycles. The van der Waals surface area contributed by atoms with Crippen LogP contribution >= 0.6 is 11.5 Å². The molecule has 0 aliphatic rings. The number of aromatic nitrogens is 2. The molecule has 0 saturated heterocycles. The average molecular weight is 308 g/mol. The molecular formula is C13H16N4O3S. The highest BCUT2D eigenvalue weighted by atomic mass is 32.1. The van der Waals surface area contributed by atoms with Gasteiger partial charge in [-0.1, -0.05) is 0 Å². The molecule has 2 heterocycles. The molecule has 8 heteroatoms. The summed E-state index contributed by atoms with van der Waals surface area (Å²) in [5, 5.41) is 5.74. The van der Waals surface area contributed by atoms with Gasteiger partial charge in [0.15, 0.2) is 5.82 Å². The van der Waals surface area contributed by atoms with Gasteiger partial charge in [0.1, 0.15) is 4.83 Å². The molecule has 2 aromatic rings. The van der Waals surface area contributed by atoms with Gasteiger partial charge in [-0.05, 0) is 37.0 Å². The van der Waals surface area contributed by atoms with E-state index in [0.717, 1.165) is 21.5 Å². The second kappa shape index (κ2) is 6.59. The zero-order valence-corrected chi connectivity index (χ0v) is 12.8. The highest BCUT2D eigenvalue weighted by Crippen LogP contribution is 2.28. The summed E-state index contributed by atoms with van der Waals surface area (Å²) < 4.78 is 8.96. The van der Waals surface area contributed by atoms with Crippen LogP contribution in [0.4, 0.5) is 5.82 Å². The van der Waals surface area contributed by atoms with Crippen LogP contribution < -0.4 is 10.6 Å². The lowest BCUT2D eigenvalue weighted by molar-refractivity contribution is -0.136. The molecule has 0 aliphatic carbocycles. The fraction of sp³-hybridized carbons (Fsp3) is 0.385. The lowest BCUT2D eigenvalue weighted by atomic mass is 10.2. The van der Waals surface area contributed by atoms with Crippen molar-refractivity contribution < 1.29 is 14.3 Å². The van der Waals surface area contributed by atoms with Gasteiger partial charge in [0.25, 0.3) is 0 Å². The van der Waals surface area contributed by atoms with E-state index in [1.54, 1.807) is 0 Å². The number of carbonyl (C=O) groups excluding carboxylic acids is 2.